The lowest BCUT2D eigenvalue weighted by Crippen LogP contribution is -2.30. The number of aromatic amines is 1. The van der Waals surface area contributed by atoms with E-state index in [0.717, 1.165) is 23.7 Å². The fraction of sp³-hybridized carbons (Fsp3) is 0.250. The minimum absolute atomic E-state index is 0.136. The van der Waals surface area contributed by atoms with Gasteiger partial charge in [0.2, 0.25) is 10.0 Å². The zero-order valence-electron chi connectivity index (χ0n) is 16.9. The molecule has 0 atom stereocenters. The molecule has 168 valence electrons. The number of phenolic OH excluding ortho intramolecular Hbond substituents is 1. The van der Waals surface area contributed by atoms with Gasteiger partial charge in [0.15, 0.2) is 0 Å². The molecule has 1 aliphatic rings. The summed E-state index contributed by atoms with van der Waals surface area (Å²) in [7, 11) is -3.86. The Bertz CT molecular complexity index is 1390. The van der Waals surface area contributed by atoms with Gasteiger partial charge in [-0.2, -0.15) is 14.1 Å². The van der Waals surface area contributed by atoms with E-state index >= 15 is 0 Å². The molecule has 0 unspecified atom stereocenters. The second kappa shape index (κ2) is 8.41. The van der Waals surface area contributed by atoms with Crippen LogP contribution in [-0.2, 0) is 10.0 Å². The summed E-state index contributed by atoms with van der Waals surface area (Å²) in [5.74, 6) is 0.0340. The summed E-state index contributed by atoms with van der Waals surface area (Å²) in [6.45, 7) is 2.48. The Morgan fingerprint density at radius 3 is 2.53 bits per heavy atom. The van der Waals surface area contributed by atoms with E-state index in [4.69, 9.17) is 16.3 Å². The third-order valence-corrected chi connectivity index (χ3v) is 7.21. The molecule has 0 spiro atoms. The Hall–Kier alpha value is -3.15. The van der Waals surface area contributed by atoms with Crippen LogP contribution in [0.2, 0.25) is 5.02 Å². The van der Waals surface area contributed by atoms with Gasteiger partial charge in [0.05, 0.1) is 10.7 Å². The fourth-order valence-corrected chi connectivity index (χ4v) is 5.37. The molecule has 1 aromatic heterocycles. The number of halogens is 1. The predicted octanol–water partition coefficient (Wildman–Crippen LogP) is 2.17. The van der Waals surface area contributed by atoms with Crippen LogP contribution in [0.5, 0.6) is 17.2 Å². The number of phenols is 1. The van der Waals surface area contributed by atoms with Crippen molar-refractivity contribution in [2.45, 2.75) is 24.7 Å². The van der Waals surface area contributed by atoms with Crippen molar-refractivity contribution in [1.29, 1.82) is 0 Å². The number of rotatable bonds is 5. The van der Waals surface area contributed by atoms with Crippen molar-refractivity contribution in [2.24, 2.45) is 0 Å². The minimum atomic E-state index is -3.86. The summed E-state index contributed by atoms with van der Waals surface area (Å²) < 4.78 is 33.9. The van der Waals surface area contributed by atoms with Crippen molar-refractivity contribution in [3.05, 3.63) is 68.0 Å². The highest BCUT2D eigenvalue weighted by molar-refractivity contribution is 7.89. The number of hydrogen-bond acceptors (Lipinski definition) is 7. The van der Waals surface area contributed by atoms with Crippen molar-refractivity contribution >= 4 is 21.6 Å². The van der Waals surface area contributed by atoms with Gasteiger partial charge in [-0.3, -0.25) is 9.78 Å². The second-order valence-electron chi connectivity index (χ2n) is 7.27. The number of nitrogens with zero attached hydrogens (tertiary/aromatic N) is 3. The normalized spacial score (nSPS) is 14.6. The highest BCUT2D eigenvalue weighted by atomic mass is 35.5. The van der Waals surface area contributed by atoms with E-state index in [0.29, 0.717) is 24.3 Å². The van der Waals surface area contributed by atoms with Gasteiger partial charge in [0, 0.05) is 19.2 Å². The third-order valence-electron chi connectivity index (χ3n) is 5.01. The number of H-pyrrole nitrogens is 1. The Balaban J connectivity index is 1.69. The number of hydrogen-bond donors (Lipinski definition) is 2. The first-order chi connectivity index (χ1) is 15.2. The first-order valence-corrected chi connectivity index (χ1v) is 11.5. The number of aromatic hydroxyl groups is 1. The van der Waals surface area contributed by atoms with Gasteiger partial charge in [-0.05, 0) is 49.6 Å². The van der Waals surface area contributed by atoms with Gasteiger partial charge in [0.1, 0.15) is 28.3 Å². The largest absolute Gasteiger partial charge is 0.507 e. The summed E-state index contributed by atoms with van der Waals surface area (Å²) in [4.78, 5) is 25.1. The Morgan fingerprint density at radius 1 is 1.16 bits per heavy atom. The summed E-state index contributed by atoms with van der Waals surface area (Å²) in [5.41, 5.74) is -0.508. The molecule has 0 amide bonds. The van der Waals surface area contributed by atoms with E-state index in [9.17, 15) is 23.1 Å². The second-order valence-corrected chi connectivity index (χ2v) is 9.58. The van der Waals surface area contributed by atoms with E-state index in [-0.39, 0.29) is 27.2 Å². The quantitative estimate of drug-likeness (QED) is 0.573. The lowest BCUT2D eigenvalue weighted by Gasteiger charge is -2.18. The molecule has 32 heavy (non-hydrogen) atoms. The monoisotopic (exact) mass is 478 g/mol. The number of aryl methyl sites for hydroxylation is 1. The van der Waals surface area contributed by atoms with Crippen molar-refractivity contribution in [1.82, 2.24) is 19.1 Å². The number of ether oxygens (including phenoxy) is 1. The van der Waals surface area contributed by atoms with Crippen LogP contribution in [0, 0.1) is 6.92 Å². The van der Waals surface area contributed by atoms with Crippen molar-refractivity contribution < 1.29 is 18.3 Å². The standard InChI is InChI=1S/C20H19ClN4O6S/c1-12-8-13(25-20(28)23-18(27)11-22-25)9-15(21)19(12)31-14-4-5-16(26)17(10-14)32(29,30)24-6-2-3-7-24/h4-5,8-11,26H,2-3,6-7H2,1H3,(H,23,27,28). The summed E-state index contributed by atoms with van der Waals surface area (Å²) in [5, 5.41) is 14.1. The van der Waals surface area contributed by atoms with Crippen LogP contribution < -0.4 is 16.0 Å². The molecule has 12 heteroatoms. The Morgan fingerprint density at radius 2 is 1.88 bits per heavy atom. The molecule has 4 rings (SSSR count). The average molecular weight is 479 g/mol. The summed E-state index contributed by atoms with van der Waals surface area (Å²) in [6, 6.07) is 6.94. The Labute approximate surface area is 187 Å². The van der Waals surface area contributed by atoms with Gasteiger partial charge in [-0.25, -0.2) is 13.2 Å². The van der Waals surface area contributed by atoms with E-state index in [1.807, 2.05) is 0 Å². The number of nitrogens with one attached hydrogen (secondary N) is 1. The van der Waals surface area contributed by atoms with Crippen molar-refractivity contribution in [3.8, 4) is 22.9 Å². The lowest BCUT2D eigenvalue weighted by atomic mass is 10.2. The molecule has 0 bridgehead atoms. The van der Waals surface area contributed by atoms with Gasteiger partial charge in [0.25, 0.3) is 5.56 Å². The maximum Gasteiger partial charge on any atom is 0.349 e. The summed E-state index contributed by atoms with van der Waals surface area (Å²) >= 11 is 6.37. The molecular weight excluding hydrogens is 460 g/mol. The fourth-order valence-electron chi connectivity index (χ4n) is 3.45. The number of benzene rings is 2. The van der Waals surface area contributed by atoms with Crippen LogP contribution in [0.25, 0.3) is 5.69 Å². The molecule has 0 radical (unpaired) electrons. The van der Waals surface area contributed by atoms with Crippen molar-refractivity contribution in [2.75, 3.05) is 13.1 Å². The van der Waals surface area contributed by atoms with E-state index in [1.165, 1.54) is 28.6 Å². The molecule has 1 saturated heterocycles. The first kappa shape index (κ1) is 22.1. The van der Waals surface area contributed by atoms with E-state index in [2.05, 4.69) is 10.1 Å². The van der Waals surface area contributed by atoms with Crippen LogP contribution in [0.1, 0.15) is 18.4 Å². The third kappa shape index (κ3) is 4.14. The first-order valence-electron chi connectivity index (χ1n) is 9.67. The summed E-state index contributed by atoms with van der Waals surface area (Å²) in [6.07, 6.45) is 2.50. The molecule has 2 heterocycles. The van der Waals surface area contributed by atoms with Gasteiger partial charge in [-0.15, -0.1) is 0 Å². The molecule has 1 aliphatic heterocycles. The molecule has 0 saturated carbocycles. The Kier molecular flexibility index (Phi) is 5.80. The highest BCUT2D eigenvalue weighted by Crippen LogP contribution is 2.37. The molecule has 1 fully saturated rings. The van der Waals surface area contributed by atoms with Gasteiger partial charge in [-0.1, -0.05) is 11.6 Å². The van der Waals surface area contributed by atoms with Crippen LogP contribution in [0.4, 0.5) is 0 Å². The minimum Gasteiger partial charge on any atom is -0.507 e. The zero-order chi connectivity index (χ0) is 23.0. The maximum absolute atomic E-state index is 12.9. The van der Waals surface area contributed by atoms with Gasteiger partial charge < -0.3 is 9.84 Å². The number of sulfonamides is 1. The highest BCUT2D eigenvalue weighted by Gasteiger charge is 2.30. The van der Waals surface area contributed by atoms with Crippen LogP contribution in [-0.4, -0.2) is 45.7 Å². The smallest absolute Gasteiger partial charge is 0.349 e. The van der Waals surface area contributed by atoms with Gasteiger partial charge >= 0.3 is 5.69 Å². The average Bonchev–Trinajstić information content (AvgIpc) is 3.27. The van der Waals surface area contributed by atoms with E-state index in [1.54, 1.807) is 13.0 Å². The number of aromatic nitrogens is 3. The van der Waals surface area contributed by atoms with Crippen LogP contribution in [0.3, 0.4) is 0 Å². The molecule has 10 nitrogen and oxygen atoms in total. The van der Waals surface area contributed by atoms with Crippen LogP contribution in [0.15, 0.2) is 51.0 Å². The zero-order valence-corrected chi connectivity index (χ0v) is 18.5. The lowest BCUT2D eigenvalue weighted by molar-refractivity contribution is 0.436. The molecular formula is C20H19ClN4O6S. The van der Waals surface area contributed by atoms with E-state index < -0.39 is 21.3 Å². The topological polar surface area (TPSA) is 135 Å². The van der Waals surface area contributed by atoms with Crippen LogP contribution >= 0.6 is 11.6 Å². The predicted molar refractivity (Wildman–Crippen MR) is 116 cm³/mol. The molecule has 3 aromatic rings. The molecule has 2 aromatic carbocycles. The molecule has 2 N–H and O–H groups in total. The SMILES string of the molecule is Cc1cc(-n2ncc(=O)[nH]c2=O)cc(Cl)c1Oc1ccc(O)c(S(=O)(=O)N2CCCC2)c1. The maximum atomic E-state index is 12.9. The van der Waals surface area contributed by atoms with Crippen molar-refractivity contribution in [3.63, 3.8) is 0 Å². The molecule has 0 aliphatic carbocycles.